The van der Waals surface area contributed by atoms with Crippen LogP contribution in [0, 0.1) is 0 Å². The molecular weight excluding hydrogens is 428 g/mol. The molecule has 1 spiro atoms. The molecule has 2 aliphatic rings. The summed E-state index contributed by atoms with van der Waals surface area (Å²) in [7, 11) is 0. The molecule has 4 aromatic rings. The standard InChI is InChI=1S/C31H30N4/c1-17-9-19-21(10-18(17)2)31(15-29(19,3)4)16-30(5,6)20-11-25-26(12-22(20)31)35-28-14-24(33-8)23(32-7)13-27(28)34-25/h9-14H,1-2,7-8,15-16H2,3-6H3. The van der Waals surface area contributed by atoms with Gasteiger partial charge in [-0.2, -0.15) is 0 Å². The van der Waals surface area contributed by atoms with Gasteiger partial charge in [0.15, 0.2) is 0 Å². The molecule has 0 aliphatic heterocycles. The van der Waals surface area contributed by atoms with Crippen molar-refractivity contribution in [3.63, 3.8) is 0 Å². The summed E-state index contributed by atoms with van der Waals surface area (Å²) in [5, 5.41) is 2.02. The second-order valence-electron chi connectivity index (χ2n) is 11.6. The first kappa shape index (κ1) is 21.8. The molecule has 2 aliphatic carbocycles. The van der Waals surface area contributed by atoms with Gasteiger partial charge in [-0.05, 0) is 94.1 Å². The molecule has 1 heterocycles. The highest BCUT2D eigenvalue weighted by atomic mass is 14.8. The second-order valence-corrected chi connectivity index (χ2v) is 11.6. The van der Waals surface area contributed by atoms with E-state index in [0.29, 0.717) is 11.4 Å². The molecule has 0 saturated carbocycles. The van der Waals surface area contributed by atoms with Crippen molar-refractivity contribution in [3.8, 4) is 0 Å². The Bertz CT molecular complexity index is 1730. The summed E-state index contributed by atoms with van der Waals surface area (Å²) >= 11 is 0. The van der Waals surface area contributed by atoms with Crippen molar-refractivity contribution in [3.05, 3.63) is 69.1 Å². The van der Waals surface area contributed by atoms with Crippen LogP contribution < -0.4 is 10.4 Å². The molecule has 0 fully saturated rings. The van der Waals surface area contributed by atoms with Crippen LogP contribution in [0.5, 0.6) is 0 Å². The van der Waals surface area contributed by atoms with E-state index >= 15 is 0 Å². The SMILES string of the molecule is C=Nc1cc2nc3cc4c(cc3nc2cc1N=C)C1(CC(C)(C)c2cc(=C)c(=C)cc21)CC4(C)C. The largest absolute Gasteiger partial charge is 0.262 e. The van der Waals surface area contributed by atoms with Crippen LogP contribution in [-0.4, -0.2) is 23.4 Å². The fraction of sp³-hybridized carbons (Fsp3) is 0.290. The van der Waals surface area contributed by atoms with Crippen molar-refractivity contribution in [1.29, 1.82) is 0 Å². The predicted octanol–water partition coefficient (Wildman–Crippen LogP) is 5.92. The molecule has 6 rings (SSSR count). The van der Waals surface area contributed by atoms with Crippen LogP contribution in [0.1, 0.15) is 62.8 Å². The van der Waals surface area contributed by atoms with Crippen LogP contribution >= 0.6 is 0 Å². The third-order valence-electron chi connectivity index (χ3n) is 8.33. The van der Waals surface area contributed by atoms with E-state index < -0.39 is 0 Å². The Kier molecular flexibility index (Phi) is 4.19. The molecule has 4 nitrogen and oxygen atoms in total. The fourth-order valence-electron chi connectivity index (χ4n) is 6.89. The Morgan fingerprint density at radius 1 is 0.600 bits per heavy atom. The maximum absolute atomic E-state index is 5.03. The summed E-state index contributed by atoms with van der Waals surface area (Å²) in [6.45, 7) is 25.3. The lowest BCUT2D eigenvalue weighted by molar-refractivity contribution is 0.349. The van der Waals surface area contributed by atoms with E-state index in [1.807, 2.05) is 12.1 Å². The Morgan fingerprint density at radius 2 is 0.971 bits per heavy atom. The number of rotatable bonds is 2. The van der Waals surface area contributed by atoms with Crippen LogP contribution in [-0.2, 0) is 16.2 Å². The van der Waals surface area contributed by atoms with E-state index in [2.05, 4.69) is 88.5 Å². The lowest BCUT2D eigenvalue weighted by Crippen LogP contribution is -2.29. The fourth-order valence-corrected chi connectivity index (χ4v) is 6.89. The molecule has 1 atom stereocenters. The third kappa shape index (κ3) is 2.86. The first-order valence-electron chi connectivity index (χ1n) is 12.1. The number of nitrogens with zero attached hydrogens (tertiary/aromatic N) is 4. The van der Waals surface area contributed by atoms with E-state index in [0.717, 1.165) is 45.3 Å². The molecule has 0 amide bonds. The molecular formula is C31H30N4. The zero-order chi connectivity index (χ0) is 24.9. The van der Waals surface area contributed by atoms with E-state index in [4.69, 9.17) is 9.97 Å². The zero-order valence-corrected chi connectivity index (χ0v) is 21.0. The molecule has 1 aromatic heterocycles. The van der Waals surface area contributed by atoms with Crippen molar-refractivity contribution in [2.45, 2.75) is 56.8 Å². The first-order chi connectivity index (χ1) is 16.5. The number of fused-ring (bicyclic) bond motifs is 6. The van der Waals surface area contributed by atoms with E-state index in [1.54, 1.807) is 0 Å². The highest BCUT2D eigenvalue weighted by Gasteiger charge is 2.56. The summed E-state index contributed by atoms with van der Waals surface area (Å²) in [4.78, 5) is 18.2. The molecule has 1 unspecified atom stereocenters. The highest BCUT2D eigenvalue weighted by Crippen LogP contribution is 2.62. The minimum atomic E-state index is -0.0763. The lowest BCUT2D eigenvalue weighted by Gasteiger charge is -2.30. The average molecular weight is 459 g/mol. The highest BCUT2D eigenvalue weighted by molar-refractivity contribution is 5.92. The van der Waals surface area contributed by atoms with E-state index in [9.17, 15) is 0 Å². The zero-order valence-electron chi connectivity index (χ0n) is 21.0. The Balaban J connectivity index is 1.67. The van der Waals surface area contributed by atoms with Crippen molar-refractivity contribution in [1.82, 2.24) is 9.97 Å². The smallest absolute Gasteiger partial charge is 0.0917 e. The van der Waals surface area contributed by atoms with Crippen molar-refractivity contribution < 1.29 is 0 Å². The van der Waals surface area contributed by atoms with Gasteiger partial charge in [0.1, 0.15) is 0 Å². The number of hydrogen-bond donors (Lipinski definition) is 0. The first-order valence-corrected chi connectivity index (χ1v) is 12.1. The van der Waals surface area contributed by atoms with Crippen molar-refractivity contribution in [2.75, 3.05) is 0 Å². The molecule has 4 heteroatoms. The van der Waals surface area contributed by atoms with Crippen LogP contribution in [0.4, 0.5) is 11.4 Å². The normalized spacial score (nSPS) is 21.4. The van der Waals surface area contributed by atoms with Crippen LogP contribution in [0.15, 0.2) is 46.4 Å². The topological polar surface area (TPSA) is 50.5 Å². The molecule has 0 saturated heterocycles. The summed E-state index contributed by atoms with van der Waals surface area (Å²) in [5.41, 5.74) is 10.2. The minimum Gasteiger partial charge on any atom is -0.262 e. The van der Waals surface area contributed by atoms with Crippen LogP contribution in [0.25, 0.3) is 35.2 Å². The van der Waals surface area contributed by atoms with Gasteiger partial charge in [0.25, 0.3) is 0 Å². The molecule has 3 aromatic carbocycles. The van der Waals surface area contributed by atoms with Gasteiger partial charge in [0.05, 0.1) is 33.4 Å². The van der Waals surface area contributed by atoms with Crippen LogP contribution in [0.3, 0.4) is 0 Å². The summed E-state index contributed by atoms with van der Waals surface area (Å²) < 4.78 is 0. The van der Waals surface area contributed by atoms with Gasteiger partial charge in [-0.15, -0.1) is 0 Å². The van der Waals surface area contributed by atoms with Crippen molar-refractivity contribution >= 4 is 60.0 Å². The van der Waals surface area contributed by atoms with Crippen LogP contribution in [0.2, 0.25) is 0 Å². The Labute approximate surface area is 205 Å². The van der Waals surface area contributed by atoms with Gasteiger partial charge in [-0.1, -0.05) is 53.0 Å². The maximum atomic E-state index is 5.03. The minimum absolute atomic E-state index is 0.00672. The van der Waals surface area contributed by atoms with Gasteiger partial charge >= 0.3 is 0 Å². The lowest BCUT2D eigenvalue weighted by atomic mass is 9.72. The molecule has 174 valence electrons. The van der Waals surface area contributed by atoms with Gasteiger partial charge in [-0.25, -0.2) is 9.97 Å². The Morgan fingerprint density at radius 3 is 1.46 bits per heavy atom. The summed E-state index contributed by atoms with van der Waals surface area (Å²) in [6, 6.07) is 12.9. The average Bonchev–Trinajstić information content (AvgIpc) is 3.15. The number of hydrogen-bond acceptors (Lipinski definition) is 4. The summed E-state index contributed by atoms with van der Waals surface area (Å²) in [6.07, 6.45) is 2.10. The van der Waals surface area contributed by atoms with Crippen molar-refractivity contribution in [2.24, 2.45) is 9.98 Å². The molecule has 0 N–H and O–H groups in total. The second kappa shape index (κ2) is 6.72. The molecule has 0 bridgehead atoms. The quantitative estimate of drug-likeness (QED) is 0.277. The predicted molar refractivity (Wildman–Crippen MR) is 148 cm³/mol. The van der Waals surface area contributed by atoms with E-state index in [-0.39, 0.29) is 16.2 Å². The van der Waals surface area contributed by atoms with Gasteiger partial charge in [0, 0.05) is 5.41 Å². The number of aromatic nitrogens is 2. The monoisotopic (exact) mass is 458 g/mol. The van der Waals surface area contributed by atoms with E-state index in [1.165, 1.54) is 22.3 Å². The molecule has 35 heavy (non-hydrogen) atoms. The Hall–Kier alpha value is -3.66. The van der Waals surface area contributed by atoms with Gasteiger partial charge in [-0.3, -0.25) is 9.98 Å². The van der Waals surface area contributed by atoms with Gasteiger partial charge < -0.3 is 0 Å². The maximum Gasteiger partial charge on any atom is 0.0917 e. The third-order valence-corrected chi connectivity index (χ3v) is 8.33. The summed E-state index contributed by atoms with van der Waals surface area (Å²) in [5.74, 6) is 0. The van der Waals surface area contributed by atoms with Gasteiger partial charge in [0.2, 0.25) is 0 Å². The molecule has 0 radical (unpaired) electrons. The number of benzene rings is 3. The number of aliphatic imine (C=N–C) groups is 2.